The lowest BCUT2D eigenvalue weighted by Gasteiger charge is -2.17. The largest absolute Gasteiger partial charge is 0.411 e. The van der Waals surface area contributed by atoms with Gasteiger partial charge in [0.1, 0.15) is 0 Å². The first-order valence-corrected chi connectivity index (χ1v) is 17.9. The van der Waals surface area contributed by atoms with E-state index in [2.05, 4.69) is 13.8 Å². The molecule has 0 saturated carbocycles. The van der Waals surface area contributed by atoms with E-state index in [0.717, 1.165) is 12.8 Å². The second-order valence-electron chi connectivity index (χ2n) is 11.0. The van der Waals surface area contributed by atoms with Gasteiger partial charge in [0, 0.05) is 0 Å². The van der Waals surface area contributed by atoms with E-state index in [1.807, 2.05) is 0 Å². The zero-order valence-electron chi connectivity index (χ0n) is 23.2. The molecule has 0 fully saturated rings. The minimum absolute atomic E-state index is 0.697. The van der Waals surface area contributed by atoms with Crippen LogP contribution in [0.1, 0.15) is 181 Å². The summed E-state index contributed by atoms with van der Waals surface area (Å²) in [7, 11) is -2.90. The van der Waals surface area contributed by atoms with Crippen LogP contribution < -0.4 is 0 Å². The van der Waals surface area contributed by atoms with Crippen molar-refractivity contribution < 1.29 is 9.59 Å². The van der Waals surface area contributed by atoms with E-state index in [4.69, 9.17) is 0 Å². The van der Waals surface area contributed by atoms with Gasteiger partial charge in [0.2, 0.25) is 0 Å². The number of rotatable bonds is 28. The fourth-order valence-corrected chi connectivity index (χ4v) is 6.86. The Kier molecular flexibility index (Phi) is 26.8. The zero-order chi connectivity index (χ0) is 24.3. The fraction of sp³-hybridized carbons (Fsp3) is 1.00. The van der Waals surface area contributed by atoms with Crippen molar-refractivity contribution in [2.75, 3.05) is 0 Å². The molecule has 0 amide bonds. The maximum absolute atomic E-state index is 10.4. The lowest BCUT2D eigenvalue weighted by molar-refractivity contribution is 0.350. The maximum Gasteiger partial charge on any atom is 0.332 e. The van der Waals surface area contributed by atoms with E-state index in [0.29, 0.717) is 12.1 Å². The third-order valence-corrected chi connectivity index (χ3v) is 9.67. The molecule has 0 aromatic rings. The van der Waals surface area contributed by atoms with Gasteiger partial charge < -0.3 is 9.59 Å². The Bertz CT molecular complexity index is 327. The molecule has 0 aromatic carbocycles. The lowest BCUT2D eigenvalue weighted by Crippen LogP contribution is -2.33. The molecule has 0 unspecified atom stereocenters. The molecule has 0 heterocycles. The van der Waals surface area contributed by atoms with Gasteiger partial charge in [0.15, 0.2) is 0 Å². The van der Waals surface area contributed by atoms with Crippen LogP contribution in [0.4, 0.5) is 0 Å². The van der Waals surface area contributed by atoms with Crippen molar-refractivity contribution in [2.24, 2.45) is 0 Å². The molecule has 0 aliphatic rings. The molecule has 0 aliphatic heterocycles. The highest BCUT2D eigenvalue weighted by molar-refractivity contribution is 6.64. The quantitative estimate of drug-likeness (QED) is 0.0856. The van der Waals surface area contributed by atoms with Gasteiger partial charge in [-0.3, -0.25) is 0 Å². The summed E-state index contributed by atoms with van der Waals surface area (Å²) in [5.74, 6) is 0. The van der Waals surface area contributed by atoms with Crippen LogP contribution in [0.2, 0.25) is 12.1 Å². The zero-order valence-corrected chi connectivity index (χ0v) is 24.2. The Labute approximate surface area is 211 Å². The van der Waals surface area contributed by atoms with Gasteiger partial charge in [-0.15, -0.1) is 0 Å². The van der Waals surface area contributed by atoms with Crippen molar-refractivity contribution >= 4 is 8.56 Å². The van der Waals surface area contributed by atoms with Crippen LogP contribution in [0.5, 0.6) is 0 Å². The highest BCUT2D eigenvalue weighted by atomic mass is 28.4. The van der Waals surface area contributed by atoms with Gasteiger partial charge in [-0.05, 0) is 12.1 Å². The standard InChI is InChI=1S/C30H64O2Si/c1-3-5-7-9-11-13-15-17-19-21-23-25-27-29-33(31,32)30-28-26-24-22-20-18-16-14-12-10-8-6-4-2/h31-32H,3-30H2,1-2H3. The van der Waals surface area contributed by atoms with Gasteiger partial charge in [0.05, 0.1) is 0 Å². The number of hydrogen-bond acceptors (Lipinski definition) is 2. The summed E-state index contributed by atoms with van der Waals surface area (Å²) in [6.45, 7) is 4.56. The van der Waals surface area contributed by atoms with Crippen molar-refractivity contribution in [2.45, 2.75) is 193 Å². The van der Waals surface area contributed by atoms with Crippen molar-refractivity contribution in [3.8, 4) is 0 Å². The van der Waals surface area contributed by atoms with E-state index in [-0.39, 0.29) is 0 Å². The van der Waals surface area contributed by atoms with E-state index in [1.54, 1.807) is 0 Å². The number of unbranched alkanes of at least 4 members (excludes halogenated alkanes) is 24. The molecular formula is C30H64O2Si. The topological polar surface area (TPSA) is 40.5 Å². The molecular weight excluding hydrogens is 420 g/mol. The predicted octanol–water partition coefficient (Wildman–Crippen LogP) is 10.6. The monoisotopic (exact) mass is 484 g/mol. The summed E-state index contributed by atoms with van der Waals surface area (Å²) >= 11 is 0. The molecule has 0 aromatic heterocycles. The molecule has 2 N–H and O–H groups in total. The smallest absolute Gasteiger partial charge is 0.332 e. The second kappa shape index (κ2) is 26.7. The highest BCUT2D eigenvalue weighted by Gasteiger charge is 2.27. The maximum atomic E-state index is 10.4. The normalized spacial score (nSPS) is 12.0. The third kappa shape index (κ3) is 28.3. The SMILES string of the molecule is CCCCCCCCCCCCCCC[Si](O)(O)CCCCCCCCCCCCCCC. The molecule has 0 spiro atoms. The summed E-state index contributed by atoms with van der Waals surface area (Å²) in [5, 5.41) is 0. The Morgan fingerprint density at radius 3 is 0.697 bits per heavy atom. The van der Waals surface area contributed by atoms with Gasteiger partial charge in [0.25, 0.3) is 0 Å². The summed E-state index contributed by atoms with van der Waals surface area (Å²) in [6, 6.07) is 1.39. The first-order chi connectivity index (χ1) is 16.1. The van der Waals surface area contributed by atoms with Crippen LogP contribution >= 0.6 is 0 Å². The molecule has 0 aliphatic carbocycles. The fourth-order valence-electron chi connectivity index (χ4n) is 4.98. The lowest BCUT2D eigenvalue weighted by atomic mass is 10.0. The average Bonchev–Trinajstić information content (AvgIpc) is 2.80. The van der Waals surface area contributed by atoms with Crippen molar-refractivity contribution in [3.05, 3.63) is 0 Å². The van der Waals surface area contributed by atoms with E-state index >= 15 is 0 Å². The highest BCUT2D eigenvalue weighted by Crippen LogP contribution is 2.20. The molecule has 0 saturated heterocycles. The average molecular weight is 485 g/mol. The first-order valence-electron chi connectivity index (χ1n) is 15.6. The molecule has 0 radical (unpaired) electrons. The van der Waals surface area contributed by atoms with Crippen molar-refractivity contribution in [1.82, 2.24) is 0 Å². The molecule has 0 rings (SSSR count). The Balaban J connectivity index is 3.28. The van der Waals surface area contributed by atoms with Gasteiger partial charge in [-0.1, -0.05) is 181 Å². The molecule has 3 heteroatoms. The van der Waals surface area contributed by atoms with Crippen LogP contribution in [0.15, 0.2) is 0 Å². The van der Waals surface area contributed by atoms with E-state index in [1.165, 1.54) is 154 Å². The number of hydrogen-bond donors (Lipinski definition) is 2. The molecule has 33 heavy (non-hydrogen) atoms. The van der Waals surface area contributed by atoms with Crippen LogP contribution in [0, 0.1) is 0 Å². The third-order valence-electron chi connectivity index (χ3n) is 7.36. The molecule has 0 atom stereocenters. The van der Waals surface area contributed by atoms with E-state index in [9.17, 15) is 9.59 Å². The van der Waals surface area contributed by atoms with Crippen molar-refractivity contribution in [3.63, 3.8) is 0 Å². The van der Waals surface area contributed by atoms with Crippen LogP contribution in [0.3, 0.4) is 0 Å². The van der Waals surface area contributed by atoms with Crippen LogP contribution in [0.25, 0.3) is 0 Å². The van der Waals surface area contributed by atoms with Gasteiger partial charge in [-0.25, -0.2) is 0 Å². The Hall–Kier alpha value is 0.137. The molecule has 200 valence electrons. The Morgan fingerprint density at radius 1 is 0.303 bits per heavy atom. The van der Waals surface area contributed by atoms with Crippen LogP contribution in [-0.2, 0) is 0 Å². The molecule has 2 nitrogen and oxygen atoms in total. The second-order valence-corrected chi connectivity index (χ2v) is 13.9. The summed E-state index contributed by atoms with van der Waals surface area (Å²) < 4.78 is 0. The first kappa shape index (κ1) is 33.1. The summed E-state index contributed by atoms with van der Waals surface area (Å²) in [4.78, 5) is 20.7. The Morgan fingerprint density at radius 2 is 0.485 bits per heavy atom. The van der Waals surface area contributed by atoms with Crippen LogP contribution in [-0.4, -0.2) is 18.2 Å². The molecule has 0 bridgehead atoms. The summed E-state index contributed by atoms with van der Waals surface area (Å²) in [6.07, 6.45) is 34.9. The van der Waals surface area contributed by atoms with E-state index < -0.39 is 8.56 Å². The van der Waals surface area contributed by atoms with Crippen molar-refractivity contribution in [1.29, 1.82) is 0 Å². The summed E-state index contributed by atoms with van der Waals surface area (Å²) in [5.41, 5.74) is 0. The minimum Gasteiger partial charge on any atom is -0.411 e. The predicted molar refractivity (Wildman–Crippen MR) is 151 cm³/mol. The van der Waals surface area contributed by atoms with Gasteiger partial charge in [-0.2, -0.15) is 0 Å². The minimum atomic E-state index is -2.90. The van der Waals surface area contributed by atoms with Gasteiger partial charge >= 0.3 is 8.56 Å².